The van der Waals surface area contributed by atoms with Gasteiger partial charge in [0.15, 0.2) is 0 Å². The smallest absolute Gasteiger partial charge is 0.239 e. The predicted molar refractivity (Wildman–Crippen MR) is 173 cm³/mol. The van der Waals surface area contributed by atoms with Crippen LogP contribution in [0.4, 0.5) is 0 Å². The van der Waals surface area contributed by atoms with E-state index in [1.807, 2.05) is 11.9 Å². The summed E-state index contributed by atoms with van der Waals surface area (Å²) in [5, 5.41) is 4.13. The highest BCUT2D eigenvalue weighted by Crippen LogP contribution is 2.45. The fraction of sp³-hybridized carbons (Fsp3) is 0.966. The van der Waals surface area contributed by atoms with Crippen molar-refractivity contribution in [3.8, 4) is 0 Å². The molecule has 3 aliphatic rings. The summed E-state index contributed by atoms with van der Waals surface area (Å²) in [6.45, 7) is 15.3. The molecular formula is C29H66ClN3O6S. The maximum absolute atomic E-state index is 13.7. The van der Waals surface area contributed by atoms with E-state index < -0.39 is 0 Å². The number of nitrogens with one attached hydrogen (secondary N) is 2. The number of rotatable bonds is 10. The second-order valence-corrected chi connectivity index (χ2v) is 14.2. The Kier molecular flexibility index (Phi) is 26.2. The van der Waals surface area contributed by atoms with Crippen molar-refractivity contribution >= 4 is 29.5 Å². The molecule has 1 amide bonds. The average Bonchev–Trinajstić information content (AvgIpc) is 2.79. The van der Waals surface area contributed by atoms with E-state index in [4.69, 9.17) is 11.6 Å². The molecule has 0 aromatic heterocycles. The number of carbonyl (C=O) groups excluding carboxylic acids is 1. The number of alkyl halides is 1. The highest BCUT2D eigenvalue weighted by Gasteiger charge is 2.43. The second kappa shape index (κ2) is 22.4. The normalized spacial score (nSPS) is 28.2. The van der Waals surface area contributed by atoms with Crippen LogP contribution in [-0.4, -0.2) is 81.5 Å². The summed E-state index contributed by atoms with van der Waals surface area (Å²) < 4.78 is 3.54. The average molecular weight is 620 g/mol. The molecule has 0 radical (unpaired) electrons. The molecule has 2 aliphatic carbocycles. The van der Waals surface area contributed by atoms with Gasteiger partial charge in [-0.2, -0.15) is 0 Å². The molecular weight excluding hydrogens is 554 g/mol. The summed E-state index contributed by atoms with van der Waals surface area (Å²) in [7, 11) is 0. The van der Waals surface area contributed by atoms with Gasteiger partial charge in [0.2, 0.25) is 5.91 Å². The lowest BCUT2D eigenvalue weighted by atomic mass is 9.64. The van der Waals surface area contributed by atoms with E-state index in [0.717, 1.165) is 63.0 Å². The first-order chi connectivity index (χ1) is 16.2. The van der Waals surface area contributed by atoms with Gasteiger partial charge in [-0.3, -0.25) is 9.52 Å². The summed E-state index contributed by atoms with van der Waals surface area (Å²) in [5.41, 5.74) is 0.180. The fourth-order valence-corrected chi connectivity index (χ4v) is 7.88. The molecule has 246 valence electrons. The first-order valence-corrected chi connectivity index (χ1v) is 15.6. The molecule has 40 heavy (non-hydrogen) atoms. The molecule has 3 rings (SSSR count). The number of hydrogen-bond donors (Lipinski definition) is 2. The molecule has 3 fully saturated rings. The second-order valence-electron chi connectivity index (χ2n) is 12.5. The third kappa shape index (κ3) is 13.4. The molecule has 11 heteroatoms. The molecule has 0 bridgehead atoms. The van der Waals surface area contributed by atoms with Gasteiger partial charge in [-0.25, -0.2) is 0 Å². The molecule has 2 saturated carbocycles. The van der Waals surface area contributed by atoms with E-state index >= 15 is 0 Å². The van der Waals surface area contributed by atoms with Crippen LogP contribution in [0, 0.1) is 35.0 Å². The predicted octanol–water partition coefficient (Wildman–Crippen LogP) is 2.85. The van der Waals surface area contributed by atoms with E-state index in [2.05, 4.69) is 49.6 Å². The van der Waals surface area contributed by atoms with Gasteiger partial charge >= 0.3 is 0 Å². The summed E-state index contributed by atoms with van der Waals surface area (Å²) in [4.78, 5) is 15.9. The monoisotopic (exact) mass is 619 g/mol. The van der Waals surface area contributed by atoms with Crippen LogP contribution in [0.5, 0.6) is 0 Å². The summed E-state index contributed by atoms with van der Waals surface area (Å²) in [6, 6.07) is -0.0619. The fourth-order valence-electron chi connectivity index (χ4n) is 7.07. The lowest BCUT2D eigenvalue weighted by Crippen LogP contribution is -2.56. The number of carbonyl (C=O) groups is 1. The van der Waals surface area contributed by atoms with Crippen LogP contribution < -0.4 is 10.0 Å². The van der Waals surface area contributed by atoms with Crippen molar-refractivity contribution < 1.29 is 32.2 Å². The van der Waals surface area contributed by atoms with Crippen molar-refractivity contribution in [3.63, 3.8) is 0 Å². The minimum atomic E-state index is -0.0619. The van der Waals surface area contributed by atoms with Crippen molar-refractivity contribution in [2.75, 3.05) is 31.9 Å². The number of likely N-dealkylation sites (tertiary alicyclic amines) is 1. The Morgan fingerprint density at radius 3 is 2.05 bits per heavy atom. The van der Waals surface area contributed by atoms with Crippen LogP contribution in [0.25, 0.3) is 0 Å². The Labute approximate surface area is 254 Å². The molecule has 4 atom stereocenters. The van der Waals surface area contributed by atoms with E-state index in [-0.39, 0.29) is 46.3 Å². The first-order valence-electron chi connectivity index (χ1n) is 14.2. The van der Waals surface area contributed by atoms with Gasteiger partial charge < -0.3 is 37.6 Å². The van der Waals surface area contributed by atoms with Crippen molar-refractivity contribution in [2.45, 2.75) is 111 Å². The van der Waals surface area contributed by atoms with Crippen LogP contribution in [0.2, 0.25) is 0 Å². The quantitative estimate of drug-likeness (QED) is 0.215. The van der Waals surface area contributed by atoms with Gasteiger partial charge in [0, 0.05) is 30.8 Å². The van der Waals surface area contributed by atoms with Crippen molar-refractivity contribution in [3.05, 3.63) is 0 Å². The SMILES string of the molecule is C.CCSNCC1CCCC(CN[C@@H](C(=O)N2CC[C@H](C3CCC(Cl)CC3)C(C)(C)C2)C(C)C)C1.O.O.O.O.O. The maximum atomic E-state index is 13.7. The molecule has 1 aliphatic heterocycles. The Hall–Kier alpha value is -0.170. The highest BCUT2D eigenvalue weighted by atomic mass is 35.5. The van der Waals surface area contributed by atoms with Gasteiger partial charge in [0.05, 0.1) is 6.04 Å². The molecule has 1 saturated heterocycles. The molecule has 0 aromatic rings. The van der Waals surface area contributed by atoms with Crippen molar-refractivity contribution in [1.29, 1.82) is 0 Å². The highest BCUT2D eigenvalue weighted by molar-refractivity contribution is 7.97. The Morgan fingerprint density at radius 1 is 0.950 bits per heavy atom. The summed E-state index contributed by atoms with van der Waals surface area (Å²) in [6.07, 6.45) is 11.3. The Bertz CT molecular complexity index is 641. The minimum absolute atomic E-state index is 0. The number of amides is 1. The zero-order chi connectivity index (χ0) is 24.7. The third-order valence-corrected chi connectivity index (χ3v) is 10.1. The van der Waals surface area contributed by atoms with Crippen molar-refractivity contribution in [1.82, 2.24) is 14.9 Å². The van der Waals surface area contributed by atoms with Gasteiger partial charge in [0.1, 0.15) is 0 Å². The van der Waals surface area contributed by atoms with E-state index in [9.17, 15) is 4.79 Å². The van der Waals surface area contributed by atoms with Crippen LogP contribution in [0.1, 0.15) is 99.8 Å². The van der Waals surface area contributed by atoms with Gasteiger partial charge in [-0.05, 0) is 92.9 Å². The van der Waals surface area contributed by atoms with E-state index in [0.29, 0.717) is 29.0 Å². The number of piperidine rings is 1. The third-order valence-electron chi connectivity index (χ3n) is 8.96. The first kappa shape index (κ1) is 46.8. The zero-order valence-electron chi connectivity index (χ0n) is 25.1. The van der Waals surface area contributed by atoms with Crippen LogP contribution in [0.3, 0.4) is 0 Å². The van der Waals surface area contributed by atoms with Crippen LogP contribution in [0.15, 0.2) is 0 Å². The zero-order valence-corrected chi connectivity index (χ0v) is 26.7. The van der Waals surface area contributed by atoms with Crippen molar-refractivity contribution in [2.24, 2.45) is 35.0 Å². The summed E-state index contributed by atoms with van der Waals surface area (Å²) in [5.74, 6) is 4.74. The molecule has 12 N–H and O–H groups in total. The molecule has 2 unspecified atom stereocenters. The molecule has 1 heterocycles. The lowest BCUT2D eigenvalue weighted by molar-refractivity contribution is -0.140. The summed E-state index contributed by atoms with van der Waals surface area (Å²) >= 11 is 8.21. The van der Waals surface area contributed by atoms with Gasteiger partial charge in [-0.15, -0.1) is 11.6 Å². The van der Waals surface area contributed by atoms with E-state index in [1.54, 1.807) is 0 Å². The Morgan fingerprint density at radius 2 is 1.52 bits per heavy atom. The molecule has 0 spiro atoms. The molecule has 9 nitrogen and oxygen atoms in total. The lowest BCUT2D eigenvalue weighted by Gasteiger charge is -2.49. The van der Waals surface area contributed by atoms with Crippen LogP contribution in [-0.2, 0) is 4.79 Å². The standard InChI is InChI=1S/C28H52ClN3OS.CH4.5H2O/c1-6-34-31-18-22-9-7-8-21(16-22)17-30-26(20(2)3)27(33)32-15-14-25(28(4,5)19-32)23-10-12-24(29)13-11-23;;;;;;/h20-26,30-31H,6-19H2,1-5H3;1H4;5*1H2/t21?,22?,23?,24?,25-,26-;;;;;;/m1....../s1. The Balaban J connectivity index is -0.00000108. The molecule has 0 aromatic carbocycles. The van der Waals surface area contributed by atoms with Gasteiger partial charge in [0.25, 0.3) is 0 Å². The number of halogens is 1. The largest absolute Gasteiger partial charge is 0.412 e. The number of hydrogen-bond acceptors (Lipinski definition) is 4. The maximum Gasteiger partial charge on any atom is 0.239 e. The van der Waals surface area contributed by atoms with Crippen LogP contribution >= 0.6 is 23.5 Å². The minimum Gasteiger partial charge on any atom is -0.412 e. The van der Waals surface area contributed by atoms with Gasteiger partial charge in [-0.1, -0.05) is 60.4 Å². The topological polar surface area (TPSA) is 202 Å². The number of nitrogens with zero attached hydrogens (tertiary/aromatic N) is 1. The van der Waals surface area contributed by atoms with E-state index in [1.165, 1.54) is 38.5 Å².